The maximum atomic E-state index is 9.28. The number of fused-ring (bicyclic) bond motifs is 1. The van der Waals surface area contributed by atoms with E-state index < -0.39 is 6.23 Å². The molecule has 3 N–H and O–H groups in total. The molecule has 1 aromatic carbocycles. The van der Waals surface area contributed by atoms with Crippen molar-refractivity contribution in [2.24, 2.45) is 10.7 Å². The molecule has 0 saturated heterocycles. The lowest BCUT2D eigenvalue weighted by Gasteiger charge is -1.99. The summed E-state index contributed by atoms with van der Waals surface area (Å²) in [5, 5.41) is 9.28. The van der Waals surface area contributed by atoms with E-state index in [1.807, 2.05) is 24.3 Å². The van der Waals surface area contributed by atoms with Crippen molar-refractivity contribution in [1.29, 1.82) is 0 Å². The molecule has 0 aromatic heterocycles. The minimum atomic E-state index is -0.758. The molecule has 0 bridgehead atoms. The van der Waals surface area contributed by atoms with Gasteiger partial charge in [0.1, 0.15) is 5.84 Å². The Bertz CT molecular complexity index is 325. The molecule has 1 aliphatic rings. The molecule has 1 atom stereocenters. The maximum absolute atomic E-state index is 9.28. The monoisotopic (exact) mass is 184 g/mol. The van der Waals surface area contributed by atoms with Gasteiger partial charge in [-0.2, -0.15) is 0 Å². The average molecular weight is 185 g/mol. The first kappa shape index (κ1) is 9.03. The Morgan fingerprint density at radius 3 is 2.67 bits per heavy atom. The number of rotatable bonds is 0. The van der Waals surface area contributed by atoms with E-state index in [2.05, 4.69) is 4.99 Å². The molecule has 0 amide bonds. The largest absolute Gasteiger partial charge is 0.383 e. The molecule has 1 aromatic rings. The summed E-state index contributed by atoms with van der Waals surface area (Å²) in [6, 6.07) is 7.41. The van der Waals surface area contributed by atoms with Crippen LogP contribution in [0.15, 0.2) is 29.3 Å². The van der Waals surface area contributed by atoms with Gasteiger partial charge in [0, 0.05) is 11.1 Å². The Morgan fingerprint density at radius 2 is 2.00 bits per heavy atom. The van der Waals surface area contributed by atoms with Crippen molar-refractivity contribution in [1.82, 2.24) is 0 Å². The topological polar surface area (TPSA) is 58.6 Å². The second-order valence-electron chi connectivity index (χ2n) is 2.48. The molecule has 0 radical (unpaired) electrons. The van der Waals surface area contributed by atoms with Crippen molar-refractivity contribution in [3.8, 4) is 0 Å². The molecule has 0 saturated carbocycles. The van der Waals surface area contributed by atoms with Crippen LogP contribution >= 0.6 is 12.4 Å². The van der Waals surface area contributed by atoms with E-state index >= 15 is 0 Å². The molecular weight excluding hydrogens is 176 g/mol. The summed E-state index contributed by atoms with van der Waals surface area (Å²) in [6.45, 7) is 0. The Labute approximate surface area is 76.3 Å². The van der Waals surface area contributed by atoms with Gasteiger partial charge in [-0.3, -0.25) is 0 Å². The van der Waals surface area contributed by atoms with Crippen LogP contribution in [-0.4, -0.2) is 10.9 Å². The number of benzene rings is 1. The van der Waals surface area contributed by atoms with Crippen molar-refractivity contribution in [3.63, 3.8) is 0 Å². The number of aliphatic hydroxyl groups is 1. The summed E-state index contributed by atoms with van der Waals surface area (Å²) in [4.78, 5) is 3.81. The van der Waals surface area contributed by atoms with E-state index in [4.69, 9.17) is 5.73 Å². The molecule has 12 heavy (non-hydrogen) atoms. The summed E-state index contributed by atoms with van der Waals surface area (Å²) in [5.41, 5.74) is 7.17. The van der Waals surface area contributed by atoms with E-state index in [1.54, 1.807) is 0 Å². The molecule has 0 aliphatic carbocycles. The zero-order valence-corrected chi connectivity index (χ0v) is 7.08. The van der Waals surface area contributed by atoms with E-state index in [0.29, 0.717) is 5.84 Å². The molecule has 0 spiro atoms. The van der Waals surface area contributed by atoms with E-state index in [0.717, 1.165) is 11.1 Å². The standard InChI is InChI=1S/C8H8N2O.ClH/c9-7-5-3-1-2-4-6(5)8(11)10-7;/h1-4,8,11H,(H2,9,10);1H. The number of halogens is 1. The molecular formula is C8H9ClN2O. The molecule has 64 valence electrons. The Balaban J connectivity index is 0.000000720. The second kappa shape index (κ2) is 3.13. The first-order valence-corrected chi connectivity index (χ1v) is 3.39. The normalized spacial score (nSPS) is 19.4. The van der Waals surface area contributed by atoms with E-state index in [-0.39, 0.29) is 12.4 Å². The first-order chi connectivity index (χ1) is 5.29. The van der Waals surface area contributed by atoms with Gasteiger partial charge in [-0.25, -0.2) is 4.99 Å². The predicted molar refractivity (Wildman–Crippen MR) is 49.4 cm³/mol. The molecule has 3 nitrogen and oxygen atoms in total. The van der Waals surface area contributed by atoms with Crippen LogP contribution in [0.4, 0.5) is 0 Å². The van der Waals surface area contributed by atoms with E-state index in [9.17, 15) is 5.11 Å². The van der Waals surface area contributed by atoms with Crippen molar-refractivity contribution in [3.05, 3.63) is 35.4 Å². The van der Waals surface area contributed by atoms with Gasteiger partial charge in [-0.1, -0.05) is 24.3 Å². The maximum Gasteiger partial charge on any atom is 0.174 e. The van der Waals surface area contributed by atoms with Gasteiger partial charge in [-0.15, -0.1) is 12.4 Å². The average Bonchev–Trinajstić information content (AvgIpc) is 2.30. The van der Waals surface area contributed by atoms with Crippen molar-refractivity contribution < 1.29 is 5.11 Å². The summed E-state index contributed by atoms with van der Waals surface area (Å²) in [5.74, 6) is 0.424. The number of aliphatic hydroxyl groups excluding tert-OH is 1. The second-order valence-corrected chi connectivity index (χ2v) is 2.48. The lowest BCUT2D eigenvalue weighted by Crippen LogP contribution is -2.09. The summed E-state index contributed by atoms with van der Waals surface area (Å²) in [7, 11) is 0. The van der Waals surface area contributed by atoms with Crippen LogP contribution in [0.1, 0.15) is 17.4 Å². The summed E-state index contributed by atoms with van der Waals surface area (Å²) >= 11 is 0. The highest BCUT2D eigenvalue weighted by Gasteiger charge is 2.19. The van der Waals surface area contributed by atoms with Crippen LogP contribution in [0.25, 0.3) is 0 Å². The summed E-state index contributed by atoms with van der Waals surface area (Å²) in [6.07, 6.45) is -0.758. The zero-order valence-electron chi connectivity index (χ0n) is 6.27. The lowest BCUT2D eigenvalue weighted by molar-refractivity contribution is 0.192. The van der Waals surface area contributed by atoms with Gasteiger partial charge < -0.3 is 10.8 Å². The Kier molecular flexibility index (Phi) is 2.35. The van der Waals surface area contributed by atoms with Crippen LogP contribution in [0.2, 0.25) is 0 Å². The van der Waals surface area contributed by atoms with Gasteiger partial charge in [0.15, 0.2) is 6.23 Å². The number of nitrogens with zero attached hydrogens (tertiary/aromatic N) is 1. The Hall–Kier alpha value is -1.06. The fourth-order valence-corrected chi connectivity index (χ4v) is 1.23. The highest BCUT2D eigenvalue weighted by molar-refractivity contribution is 6.01. The third kappa shape index (κ3) is 1.17. The molecule has 1 heterocycles. The van der Waals surface area contributed by atoms with Crippen LogP contribution in [0.5, 0.6) is 0 Å². The number of aliphatic imine (C=N–C) groups is 1. The molecule has 2 rings (SSSR count). The van der Waals surface area contributed by atoms with Crippen molar-refractivity contribution >= 4 is 18.2 Å². The zero-order chi connectivity index (χ0) is 7.84. The fourth-order valence-electron chi connectivity index (χ4n) is 1.23. The number of nitrogens with two attached hydrogens (primary N) is 1. The minimum absolute atomic E-state index is 0. The highest BCUT2D eigenvalue weighted by Crippen LogP contribution is 2.24. The Morgan fingerprint density at radius 1 is 1.33 bits per heavy atom. The van der Waals surface area contributed by atoms with Crippen LogP contribution in [0.3, 0.4) is 0 Å². The SMILES string of the molecule is Cl.NC1=NC(O)c2ccccc21. The number of amidine groups is 1. The third-order valence-electron chi connectivity index (χ3n) is 1.78. The first-order valence-electron chi connectivity index (χ1n) is 3.39. The van der Waals surface area contributed by atoms with Crippen LogP contribution < -0.4 is 5.73 Å². The molecule has 4 heteroatoms. The molecule has 1 unspecified atom stereocenters. The molecule has 1 aliphatic heterocycles. The van der Waals surface area contributed by atoms with Gasteiger partial charge in [0.2, 0.25) is 0 Å². The molecule has 0 fully saturated rings. The third-order valence-corrected chi connectivity index (χ3v) is 1.78. The minimum Gasteiger partial charge on any atom is -0.383 e. The lowest BCUT2D eigenvalue weighted by atomic mass is 10.1. The highest BCUT2D eigenvalue weighted by atomic mass is 35.5. The van der Waals surface area contributed by atoms with Crippen molar-refractivity contribution in [2.75, 3.05) is 0 Å². The van der Waals surface area contributed by atoms with Gasteiger partial charge in [0.25, 0.3) is 0 Å². The number of hydrogen-bond acceptors (Lipinski definition) is 3. The summed E-state index contributed by atoms with van der Waals surface area (Å²) < 4.78 is 0. The quantitative estimate of drug-likeness (QED) is 0.627. The fraction of sp³-hybridized carbons (Fsp3) is 0.125. The van der Waals surface area contributed by atoms with E-state index in [1.165, 1.54) is 0 Å². The smallest absolute Gasteiger partial charge is 0.174 e. The van der Waals surface area contributed by atoms with Crippen LogP contribution in [-0.2, 0) is 0 Å². The van der Waals surface area contributed by atoms with Crippen LogP contribution in [0, 0.1) is 0 Å². The van der Waals surface area contributed by atoms with Crippen molar-refractivity contribution in [2.45, 2.75) is 6.23 Å². The van der Waals surface area contributed by atoms with Gasteiger partial charge in [0.05, 0.1) is 0 Å². The predicted octanol–water partition coefficient (Wildman–Crippen LogP) is 0.818. The van der Waals surface area contributed by atoms with Gasteiger partial charge >= 0.3 is 0 Å². The van der Waals surface area contributed by atoms with Gasteiger partial charge in [-0.05, 0) is 0 Å². The number of hydrogen-bond donors (Lipinski definition) is 2.